The van der Waals surface area contributed by atoms with Gasteiger partial charge in [0.2, 0.25) is 11.8 Å². The van der Waals surface area contributed by atoms with E-state index in [1.807, 2.05) is 30.7 Å². The van der Waals surface area contributed by atoms with Crippen LogP contribution in [0.3, 0.4) is 0 Å². The van der Waals surface area contributed by atoms with Gasteiger partial charge in [-0.05, 0) is 12.8 Å². The van der Waals surface area contributed by atoms with Crippen LogP contribution in [0, 0.1) is 5.92 Å². The summed E-state index contributed by atoms with van der Waals surface area (Å²) in [7, 11) is 1.86. The van der Waals surface area contributed by atoms with Crippen LogP contribution >= 0.6 is 0 Å². The predicted octanol–water partition coefficient (Wildman–Crippen LogP) is 1.78. The Morgan fingerprint density at radius 2 is 1.96 bits per heavy atom. The lowest BCUT2D eigenvalue weighted by Gasteiger charge is -2.33. The van der Waals surface area contributed by atoms with Crippen molar-refractivity contribution < 1.29 is 9.59 Å². The van der Waals surface area contributed by atoms with Crippen LogP contribution < -0.4 is 5.32 Å². The minimum Gasteiger partial charge on any atom is -0.373 e. The second-order valence-corrected chi connectivity index (χ2v) is 7.57. The zero-order valence-corrected chi connectivity index (χ0v) is 16.2. The van der Waals surface area contributed by atoms with Crippen molar-refractivity contribution in [2.45, 2.75) is 52.5 Å². The number of likely N-dealkylation sites (tertiary alicyclic amines) is 1. The molecule has 1 atom stereocenters. The summed E-state index contributed by atoms with van der Waals surface area (Å²) in [5, 5.41) is 3.19. The summed E-state index contributed by atoms with van der Waals surface area (Å²) in [6.07, 6.45) is 2.74. The fourth-order valence-electron chi connectivity index (χ4n) is 3.85. The van der Waals surface area contributed by atoms with Crippen LogP contribution in [0.15, 0.2) is 0 Å². The first-order valence-electron chi connectivity index (χ1n) is 9.52. The van der Waals surface area contributed by atoms with Gasteiger partial charge in [-0.25, -0.2) is 9.97 Å². The summed E-state index contributed by atoms with van der Waals surface area (Å²) in [5.74, 6) is 2.10. The number of carbonyl (C=O) groups is 2. The molecule has 1 unspecified atom stereocenters. The van der Waals surface area contributed by atoms with Gasteiger partial charge < -0.3 is 15.1 Å². The lowest BCUT2D eigenvalue weighted by molar-refractivity contribution is -0.135. The van der Waals surface area contributed by atoms with Gasteiger partial charge in [-0.1, -0.05) is 13.8 Å². The topological polar surface area (TPSA) is 78.4 Å². The summed E-state index contributed by atoms with van der Waals surface area (Å²) in [4.78, 5) is 37.5. The van der Waals surface area contributed by atoms with Crippen molar-refractivity contribution in [3.05, 3.63) is 17.1 Å². The van der Waals surface area contributed by atoms with Crippen LogP contribution in [0.1, 0.15) is 56.6 Å². The highest BCUT2D eigenvalue weighted by atomic mass is 16.2. The lowest BCUT2D eigenvalue weighted by atomic mass is 9.96. The summed E-state index contributed by atoms with van der Waals surface area (Å²) in [6, 6.07) is 0. The molecule has 2 aliphatic rings. The van der Waals surface area contributed by atoms with E-state index in [9.17, 15) is 9.59 Å². The first-order chi connectivity index (χ1) is 12.4. The minimum absolute atomic E-state index is 0.00502. The molecule has 142 valence electrons. The molecule has 1 N–H and O–H groups in total. The van der Waals surface area contributed by atoms with Gasteiger partial charge in [0, 0.05) is 57.4 Å². The highest BCUT2D eigenvalue weighted by Crippen LogP contribution is 2.30. The molecule has 3 rings (SSSR count). The molecule has 0 spiro atoms. The van der Waals surface area contributed by atoms with E-state index in [0.717, 1.165) is 48.7 Å². The predicted molar refractivity (Wildman–Crippen MR) is 99.8 cm³/mol. The molecule has 1 saturated heterocycles. The van der Waals surface area contributed by atoms with Crippen molar-refractivity contribution in [3.63, 3.8) is 0 Å². The van der Waals surface area contributed by atoms with Crippen LogP contribution in [0.4, 0.5) is 5.82 Å². The van der Waals surface area contributed by atoms with Crippen LogP contribution in [-0.2, 0) is 22.6 Å². The Morgan fingerprint density at radius 3 is 2.62 bits per heavy atom. The molecule has 7 nitrogen and oxygen atoms in total. The van der Waals surface area contributed by atoms with E-state index >= 15 is 0 Å². The Kier molecular flexibility index (Phi) is 5.44. The molecular weight excluding hydrogens is 330 g/mol. The third-order valence-electron chi connectivity index (χ3n) is 5.35. The Labute approximate surface area is 155 Å². The van der Waals surface area contributed by atoms with E-state index < -0.39 is 0 Å². The molecule has 3 heterocycles. The number of anilines is 1. The molecule has 2 amide bonds. The van der Waals surface area contributed by atoms with Crippen molar-refractivity contribution in [3.8, 4) is 0 Å². The number of piperidine rings is 1. The first kappa shape index (κ1) is 18.6. The highest BCUT2D eigenvalue weighted by molar-refractivity contribution is 5.78. The van der Waals surface area contributed by atoms with Gasteiger partial charge in [-0.2, -0.15) is 0 Å². The van der Waals surface area contributed by atoms with E-state index in [1.54, 1.807) is 6.92 Å². The average Bonchev–Trinajstić information content (AvgIpc) is 2.66. The SMILES string of the molecule is CNc1nc(C2CCCN(C(C)=O)C2)nc2c1CN(C(=O)C(C)C)CC2. The van der Waals surface area contributed by atoms with Gasteiger partial charge in [0.05, 0.1) is 12.2 Å². The molecule has 2 aliphatic heterocycles. The molecule has 26 heavy (non-hydrogen) atoms. The largest absolute Gasteiger partial charge is 0.373 e. The van der Waals surface area contributed by atoms with Gasteiger partial charge >= 0.3 is 0 Å². The van der Waals surface area contributed by atoms with Crippen molar-refractivity contribution >= 4 is 17.6 Å². The molecule has 1 fully saturated rings. The Bertz CT molecular complexity index is 686. The summed E-state index contributed by atoms with van der Waals surface area (Å²) in [5.41, 5.74) is 2.06. The minimum atomic E-state index is -0.00502. The zero-order chi connectivity index (χ0) is 18.8. The fourth-order valence-corrected chi connectivity index (χ4v) is 3.85. The maximum absolute atomic E-state index is 12.3. The standard InChI is InChI=1S/C19H29N5O2/c1-12(2)19(26)24-9-7-16-15(11-24)18(20-4)22-17(21-16)14-6-5-8-23(10-14)13(3)25/h12,14H,5-11H2,1-4H3,(H,20,21,22). The lowest BCUT2D eigenvalue weighted by Crippen LogP contribution is -2.40. The zero-order valence-electron chi connectivity index (χ0n) is 16.2. The number of hydrogen-bond donors (Lipinski definition) is 1. The number of amides is 2. The molecule has 0 aliphatic carbocycles. The van der Waals surface area contributed by atoms with Gasteiger partial charge in [-0.15, -0.1) is 0 Å². The number of carbonyl (C=O) groups excluding carboxylic acids is 2. The third kappa shape index (κ3) is 3.66. The van der Waals surface area contributed by atoms with Crippen LogP contribution in [0.2, 0.25) is 0 Å². The molecular formula is C19H29N5O2. The molecule has 0 saturated carbocycles. The second-order valence-electron chi connectivity index (χ2n) is 7.57. The molecule has 7 heteroatoms. The van der Waals surface area contributed by atoms with Crippen LogP contribution in [0.25, 0.3) is 0 Å². The van der Waals surface area contributed by atoms with Crippen LogP contribution in [0.5, 0.6) is 0 Å². The van der Waals surface area contributed by atoms with Crippen LogP contribution in [-0.4, -0.2) is 58.3 Å². The molecule has 1 aromatic rings. The van der Waals surface area contributed by atoms with Gasteiger partial charge in [-0.3, -0.25) is 9.59 Å². The Morgan fingerprint density at radius 1 is 1.19 bits per heavy atom. The summed E-state index contributed by atoms with van der Waals surface area (Å²) >= 11 is 0. The van der Waals surface area contributed by atoms with E-state index in [0.29, 0.717) is 19.6 Å². The maximum Gasteiger partial charge on any atom is 0.225 e. The summed E-state index contributed by atoms with van der Waals surface area (Å²) in [6.45, 7) is 8.26. The monoisotopic (exact) mass is 359 g/mol. The van der Waals surface area contributed by atoms with E-state index in [4.69, 9.17) is 9.97 Å². The molecule has 0 radical (unpaired) electrons. The Balaban J connectivity index is 1.86. The van der Waals surface area contributed by atoms with Crippen molar-refractivity contribution in [1.29, 1.82) is 0 Å². The maximum atomic E-state index is 12.3. The van der Waals surface area contributed by atoms with E-state index in [1.165, 1.54) is 0 Å². The number of fused-ring (bicyclic) bond motifs is 1. The number of nitrogens with zero attached hydrogens (tertiary/aromatic N) is 4. The normalized spacial score (nSPS) is 20.1. The van der Waals surface area contributed by atoms with Gasteiger partial charge in [0.15, 0.2) is 0 Å². The van der Waals surface area contributed by atoms with E-state index in [2.05, 4.69) is 5.32 Å². The molecule has 0 aromatic carbocycles. The smallest absolute Gasteiger partial charge is 0.225 e. The third-order valence-corrected chi connectivity index (χ3v) is 5.35. The van der Waals surface area contributed by atoms with Crippen molar-refractivity contribution in [1.82, 2.24) is 19.8 Å². The number of aromatic nitrogens is 2. The fraction of sp³-hybridized carbons (Fsp3) is 0.684. The first-order valence-corrected chi connectivity index (χ1v) is 9.52. The molecule has 0 bridgehead atoms. The van der Waals surface area contributed by atoms with Crippen molar-refractivity contribution in [2.24, 2.45) is 5.92 Å². The highest BCUT2D eigenvalue weighted by Gasteiger charge is 2.30. The number of rotatable bonds is 3. The van der Waals surface area contributed by atoms with Gasteiger partial charge in [0.1, 0.15) is 11.6 Å². The van der Waals surface area contributed by atoms with E-state index in [-0.39, 0.29) is 23.7 Å². The second kappa shape index (κ2) is 7.60. The molecule has 1 aromatic heterocycles. The number of hydrogen-bond acceptors (Lipinski definition) is 5. The quantitative estimate of drug-likeness (QED) is 0.890. The van der Waals surface area contributed by atoms with Crippen molar-refractivity contribution in [2.75, 3.05) is 32.0 Å². The average molecular weight is 359 g/mol. The van der Waals surface area contributed by atoms with Gasteiger partial charge in [0.25, 0.3) is 0 Å². The Hall–Kier alpha value is -2.18. The summed E-state index contributed by atoms with van der Waals surface area (Å²) < 4.78 is 0. The number of nitrogens with one attached hydrogen (secondary N) is 1.